The summed E-state index contributed by atoms with van der Waals surface area (Å²) in [5.41, 5.74) is -0.186. The van der Waals surface area contributed by atoms with Gasteiger partial charge in [0, 0.05) is 24.4 Å². The van der Waals surface area contributed by atoms with Gasteiger partial charge < -0.3 is 14.8 Å². The van der Waals surface area contributed by atoms with E-state index in [-0.39, 0.29) is 17.7 Å². The number of esters is 2. The monoisotopic (exact) mass is 285 g/mol. The predicted octanol–water partition coefficient (Wildman–Crippen LogP) is 1.28. The van der Waals surface area contributed by atoms with Crippen molar-refractivity contribution in [2.75, 3.05) is 14.2 Å². The van der Waals surface area contributed by atoms with E-state index in [2.05, 4.69) is 14.8 Å². The molecule has 0 spiro atoms. The standard InChI is InChI=1S/C13H13F2NO4/c1-19-12(17)10(13(18)20-2)7-16-6-8-3-4-9(14)5-11(8)15/h3-5,7,16H,6H2,1-2H3. The van der Waals surface area contributed by atoms with Gasteiger partial charge >= 0.3 is 11.9 Å². The lowest BCUT2D eigenvalue weighted by molar-refractivity contribution is -0.144. The Labute approximate surface area is 114 Å². The van der Waals surface area contributed by atoms with Crippen LogP contribution in [-0.2, 0) is 25.6 Å². The summed E-state index contributed by atoms with van der Waals surface area (Å²) in [6.45, 7) is -0.0381. The molecule has 0 fully saturated rings. The number of carbonyl (C=O) groups is 2. The van der Waals surface area contributed by atoms with Gasteiger partial charge in [-0.15, -0.1) is 0 Å². The van der Waals surface area contributed by atoms with Crippen molar-refractivity contribution < 1.29 is 27.8 Å². The van der Waals surface area contributed by atoms with Crippen LogP contribution >= 0.6 is 0 Å². The average molecular weight is 285 g/mol. The van der Waals surface area contributed by atoms with E-state index < -0.39 is 23.6 Å². The van der Waals surface area contributed by atoms with Crippen molar-refractivity contribution in [2.24, 2.45) is 0 Å². The fourth-order valence-electron chi connectivity index (χ4n) is 1.35. The van der Waals surface area contributed by atoms with Crippen molar-refractivity contribution in [3.8, 4) is 0 Å². The first-order valence-corrected chi connectivity index (χ1v) is 5.53. The summed E-state index contributed by atoms with van der Waals surface area (Å²) >= 11 is 0. The first-order chi connectivity index (χ1) is 9.49. The minimum absolute atomic E-state index is 0.0381. The Bertz CT molecular complexity index is 525. The third-order valence-corrected chi connectivity index (χ3v) is 2.36. The quantitative estimate of drug-likeness (QED) is 0.382. The van der Waals surface area contributed by atoms with Crippen LogP contribution in [0.4, 0.5) is 8.78 Å². The zero-order valence-electron chi connectivity index (χ0n) is 10.9. The fraction of sp³-hybridized carbons (Fsp3) is 0.231. The molecule has 0 amide bonds. The first kappa shape index (κ1) is 15.6. The van der Waals surface area contributed by atoms with Crippen LogP contribution in [0.3, 0.4) is 0 Å². The van der Waals surface area contributed by atoms with Crippen molar-refractivity contribution in [1.82, 2.24) is 5.32 Å². The van der Waals surface area contributed by atoms with Crippen LogP contribution in [0, 0.1) is 11.6 Å². The third-order valence-electron chi connectivity index (χ3n) is 2.36. The number of benzene rings is 1. The van der Waals surface area contributed by atoms with Gasteiger partial charge in [-0.2, -0.15) is 0 Å². The Kier molecular flexibility index (Phi) is 5.64. The van der Waals surface area contributed by atoms with E-state index in [1.165, 1.54) is 6.07 Å². The average Bonchev–Trinajstić information content (AvgIpc) is 2.44. The lowest BCUT2D eigenvalue weighted by Gasteiger charge is -2.06. The molecule has 0 atom stereocenters. The Morgan fingerprint density at radius 3 is 2.30 bits per heavy atom. The third kappa shape index (κ3) is 4.04. The molecule has 20 heavy (non-hydrogen) atoms. The van der Waals surface area contributed by atoms with Crippen LogP contribution in [0.2, 0.25) is 0 Å². The number of hydrogen-bond acceptors (Lipinski definition) is 5. The number of methoxy groups -OCH3 is 2. The number of nitrogens with one attached hydrogen (secondary N) is 1. The normalized spacial score (nSPS) is 9.60. The number of carbonyl (C=O) groups excluding carboxylic acids is 2. The van der Waals surface area contributed by atoms with Gasteiger partial charge in [0.1, 0.15) is 11.6 Å². The van der Waals surface area contributed by atoms with Crippen molar-refractivity contribution in [3.63, 3.8) is 0 Å². The maximum absolute atomic E-state index is 13.3. The summed E-state index contributed by atoms with van der Waals surface area (Å²) in [6, 6.07) is 3.09. The number of ether oxygens (including phenoxy) is 2. The fourth-order valence-corrected chi connectivity index (χ4v) is 1.35. The van der Waals surface area contributed by atoms with Gasteiger partial charge in [0.05, 0.1) is 14.2 Å². The van der Waals surface area contributed by atoms with Gasteiger partial charge in [-0.05, 0) is 6.07 Å². The molecule has 0 bridgehead atoms. The molecule has 0 saturated carbocycles. The molecule has 108 valence electrons. The van der Waals surface area contributed by atoms with Crippen LogP contribution in [0.25, 0.3) is 0 Å². The molecule has 0 aliphatic rings. The lowest BCUT2D eigenvalue weighted by atomic mass is 10.2. The second-order valence-corrected chi connectivity index (χ2v) is 3.66. The Hall–Kier alpha value is -2.44. The molecular weight excluding hydrogens is 272 g/mol. The highest BCUT2D eigenvalue weighted by atomic mass is 19.1. The van der Waals surface area contributed by atoms with E-state index in [0.717, 1.165) is 32.6 Å². The lowest BCUT2D eigenvalue weighted by Crippen LogP contribution is -2.19. The summed E-state index contributed by atoms with van der Waals surface area (Å²) in [5.74, 6) is -3.19. The summed E-state index contributed by atoms with van der Waals surface area (Å²) < 4.78 is 34.9. The molecular formula is C13H13F2NO4. The summed E-state index contributed by atoms with van der Waals surface area (Å²) in [7, 11) is 2.22. The smallest absolute Gasteiger partial charge is 0.346 e. The number of rotatable bonds is 5. The SMILES string of the molecule is COC(=O)C(=CNCc1ccc(F)cc1F)C(=O)OC. The van der Waals surface area contributed by atoms with Crippen molar-refractivity contribution in [1.29, 1.82) is 0 Å². The first-order valence-electron chi connectivity index (χ1n) is 5.53. The van der Waals surface area contributed by atoms with Crippen LogP contribution in [0.5, 0.6) is 0 Å². The van der Waals surface area contributed by atoms with Crippen LogP contribution in [0.1, 0.15) is 5.56 Å². The van der Waals surface area contributed by atoms with E-state index in [1.807, 2.05) is 0 Å². The molecule has 1 aromatic carbocycles. The Morgan fingerprint density at radius 2 is 1.80 bits per heavy atom. The summed E-state index contributed by atoms with van der Waals surface area (Å²) in [6.07, 6.45) is 1.06. The minimum Gasteiger partial charge on any atom is -0.465 e. The summed E-state index contributed by atoms with van der Waals surface area (Å²) in [5, 5.41) is 2.57. The zero-order chi connectivity index (χ0) is 15.1. The molecule has 1 N–H and O–H groups in total. The van der Waals surface area contributed by atoms with Gasteiger partial charge in [-0.3, -0.25) is 0 Å². The van der Waals surface area contributed by atoms with E-state index >= 15 is 0 Å². The molecule has 0 aliphatic carbocycles. The van der Waals surface area contributed by atoms with Gasteiger partial charge in [0.25, 0.3) is 0 Å². The maximum Gasteiger partial charge on any atom is 0.346 e. The molecule has 7 heteroatoms. The van der Waals surface area contributed by atoms with E-state index in [4.69, 9.17) is 0 Å². The van der Waals surface area contributed by atoms with Gasteiger partial charge in [-0.1, -0.05) is 6.07 Å². The molecule has 0 heterocycles. The molecule has 5 nitrogen and oxygen atoms in total. The van der Waals surface area contributed by atoms with Crippen molar-refractivity contribution in [3.05, 3.63) is 47.2 Å². The Morgan fingerprint density at radius 1 is 1.20 bits per heavy atom. The molecule has 0 aromatic heterocycles. The molecule has 1 rings (SSSR count). The van der Waals surface area contributed by atoms with E-state index in [9.17, 15) is 18.4 Å². The highest BCUT2D eigenvalue weighted by Crippen LogP contribution is 2.09. The van der Waals surface area contributed by atoms with Crippen LogP contribution in [0.15, 0.2) is 30.0 Å². The van der Waals surface area contributed by atoms with Gasteiger partial charge in [0.15, 0.2) is 5.57 Å². The van der Waals surface area contributed by atoms with Gasteiger partial charge in [-0.25, -0.2) is 18.4 Å². The topological polar surface area (TPSA) is 64.6 Å². The highest BCUT2D eigenvalue weighted by molar-refractivity contribution is 6.13. The largest absolute Gasteiger partial charge is 0.465 e. The van der Waals surface area contributed by atoms with Crippen LogP contribution in [-0.4, -0.2) is 26.2 Å². The van der Waals surface area contributed by atoms with E-state index in [1.54, 1.807) is 0 Å². The second kappa shape index (κ2) is 7.22. The maximum atomic E-state index is 13.3. The molecule has 0 aliphatic heterocycles. The second-order valence-electron chi connectivity index (χ2n) is 3.66. The minimum atomic E-state index is -0.885. The Balaban J connectivity index is 2.78. The summed E-state index contributed by atoms with van der Waals surface area (Å²) in [4.78, 5) is 22.6. The van der Waals surface area contributed by atoms with Crippen LogP contribution < -0.4 is 5.32 Å². The number of hydrogen-bond donors (Lipinski definition) is 1. The van der Waals surface area contributed by atoms with Crippen molar-refractivity contribution in [2.45, 2.75) is 6.54 Å². The zero-order valence-corrected chi connectivity index (χ0v) is 10.9. The molecule has 0 unspecified atom stereocenters. The van der Waals surface area contributed by atoms with E-state index in [0.29, 0.717) is 0 Å². The van der Waals surface area contributed by atoms with Crippen molar-refractivity contribution >= 4 is 11.9 Å². The van der Waals surface area contributed by atoms with Gasteiger partial charge in [0.2, 0.25) is 0 Å². The molecule has 1 aromatic rings. The molecule has 0 saturated heterocycles. The molecule has 0 radical (unpaired) electrons. The highest BCUT2D eigenvalue weighted by Gasteiger charge is 2.19. The predicted molar refractivity (Wildman–Crippen MR) is 65.3 cm³/mol. The number of halogens is 2.